The van der Waals surface area contributed by atoms with Crippen LogP contribution in [0.5, 0.6) is 0 Å². The van der Waals surface area contributed by atoms with Crippen molar-refractivity contribution in [2.24, 2.45) is 11.8 Å². The third-order valence-electron chi connectivity index (χ3n) is 6.94. The van der Waals surface area contributed by atoms with E-state index in [0.717, 1.165) is 18.6 Å². The fourth-order valence-electron chi connectivity index (χ4n) is 5.11. The molecule has 1 saturated heterocycles. The number of carbonyl (C=O) groups excluding carboxylic acids is 1. The van der Waals surface area contributed by atoms with Crippen molar-refractivity contribution in [3.8, 4) is 0 Å². The van der Waals surface area contributed by atoms with Crippen LogP contribution in [-0.2, 0) is 14.6 Å². The maximum atomic E-state index is 13.4. The molecule has 170 valence electrons. The van der Waals surface area contributed by atoms with Crippen LogP contribution in [0.2, 0.25) is 5.02 Å². The SMILES string of the molecule is O=C(Nc1ccc(F)c(F)c1)c1ccc(Cl)c(S(=O)(=O)C2CC3CC(C2)C3(O)C2CO2)c1. The van der Waals surface area contributed by atoms with Gasteiger partial charge in [0.2, 0.25) is 0 Å². The number of sulfone groups is 1. The molecule has 2 N–H and O–H groups in total. The Bertz CT molecular complexity index is 1200. The molecule has 6 nitrogen and oxygen atoms in total. The van der Waals surface area contributed by atoms with E-state index in [1.165, 1.54) is 24.3 Å². The van der Waals surface area contributed by atoms with Gasteiger partial charge in [-0.15, -0.1) is 0 Å². The first-order valence-electron chi connectivity index (χ1n) is 10.2. The van der Waals surface area contributed by atoms with E-state index in [1.54, 1.807) is 0 Å². The van der Waals surface area contributed by atoms with Gasteiger partial charge in [0.05, 0.1) is 27.4 Å². The van der Waals surface area contributed by atoms with E-state index in [2.05, 4.69) is 5.32 Å². The van der Waals surface area contributed by atoms with E-state index < -0.39 is 38.2 Å². The average molecular weight is 484 g/mol. The summed E-state index contributed by atoms with van der Waals surface area (Å²) in [4.78, 5) is 12.4. The number of benzene rings is 2. The minimum Gasteiger partial charge on any atom is -0.387 e. The molecule has 0 spiro atoms. The first-order valence-corrected chi connectivity index (χ1v) is 12.2. The van der Waals surface area contributed by atoms with Crippen LogP contribution >= 0.6 is 11.6 Å². The van der Waals surface area contributed by atoms with Crippen molar-refractivity contribution in [2.45, 2.75) is 41.1 Å². The number of anilines is 1. The van der Waals surface area contributed by atoms with Gasteiger partial charge < -0.3 is 15.2 Å². The standard InChI is InChI=1S/C22H20ClF2NO5S/c23-16-3-1-11(21(27)26-14-2-4-17(24)18(25)9-14)5-19(16)32(29,30)15-7-12-6-13(8-15)22(12,28)20-10-31-20/h1-5,9,12-13,15,20,28H,6-8,10H2,(H,26,27). The summed E-state index contributed by atoms with van der Waals surface area (Å²) in [6, 6.07) is 6.79. The molecule has 3 saturated carbocycles. The molecule has 4 fully saturated rings. The van der Waals surface area contributed by atoms with Gasteiger partial charge in [-0.3, -0.25) is 4.79 Å². The highest BCUT2D eigenvalue weighted by Gasteiger charge is 2.66. The van der Waals surface area contributed by atoms with Crippen LogP contribution in [-0.4, -0.2) is 43.0 Å². The van der Waals surface area contributed by atoms with Crippen molar-refractivity contribution in [2.75, 3.05) is 11.9 Å². The molecule has 2 bridgehead atoms. The molecular formula is C22H20ClF2NO5S. The molecule has 32 heavy (non-hydrogen) atoms. The van der Waals surface area contributed by atoms with Gasteiger partial charge in [-0.1, -0.05) is 11.6 Å². The molecule has 3 atom stereocenters. The Morgan fingerprint density at radius 1 is 1.09 bits per heavy atom. The number of rotatable bonds is 5. The predicted octanol–water partition coefficient (Wildman–Crippen LogP) is 3.57. The van der Waals surface area contributed by atoms with Gasteiger partial charge in [0.1, 0.15) is 6.10 Å². The van der Waals surface area contributed by atoms with Crippen LogP contribution < -0.4 is 5.32 Å². The molecular weight excluding hydrogens is 464 g/mol. The van der Waals surface area contributed by atoms with Crippen molar-refractivity contribution >= 4 is 33.0 Å². The zero-order valence-electron chi connectivity index (χ0n) is 16.7. The van der Waals surface area contributed by atoms with Crippen molar-refractivity contribution in [1.29, 1.82) is 0 Å². The van der Waals surface area contributed by atoms with Gasteiger partial charge in [-0.05, 0) is 61.4 Å². The van der Waals surface area contributed by atoms with Crippen LogP contribution in [0.1, 0.15) is 29.6 Å². The molecule has 10 heteroatoms. The van der Waals surface area contributed by atoms with Crippen LogP contribution in [0.3, 0.4) is 0 Å². The molecule has 0 radical (unpaired) electrons. The number of aliphatic hydroxyl groups is 1. The summed E-state index contributed by atoms with van der Waals surface area (Å²) in [5.41, 5.74) is -0.897. The highest BCUT2D eigenvalue weighted by atomic mass is 35.5. The Morgan fingerprint density at radius 2 is 1.78 bits per heavy atom. The van der Waals surface area contributed by atoms with E-state index >= 15 is 0 Å². The molecule has 2 aromatic carbocycles. The molecule has 2 aromatic rings. The lowest BCUT2D eigenvalue weighted by Gasteiger charge is -2.57. The van der Waals surface area contributed by atoms with Gasteiger partial charge in [0.25, 0.3) is 5.91 Å². The van der Waals surface area contributed by atoms with Gasteiger partial charge in [-0.25, -0.2) is 17.2 Å². The van der Waals surface area contributed by atoms with Crippen LogP contribution in [0.4, 0.5) is 14.5 Å². The van der Waals surface area contributed by atoms with E-state index in [-0.39, 0.29) is 39.1 Å². The molecule has 1 aliphatic heterocycles. The second-order valence-corrected chi connectivity index (χ2v) is 11.3. The van der Waals surface area contributed by atoms with Crippen LogP contribution in [0.25, 0.3) is 0 Å². The van der Waals surface area contributed by atoms with Gasteiger partial charge >= 0.3 is 0 Å². The quantitative estimate of drug-likeness (QED) is 0.634. The summed E-state index contributed by atoms with van der Waals surface area (Å²) in [7, 11) is -3.87. The fraction of sp³-hybridized carbons (Fsp3) is 0.409. The Labute approximate surface area is 188 Å². The zero-order chi connectivity index (χ0) is 22.8. The van der Waals surface area contributed by atoms with Crippen LogP contribution in [0.15, 0.2) is 41.3 Å². The predicted molar refractivity (Wildman–Crippen MR) is 112 cm³/mol. The molecule has 0 aromatic heterocycles. The molecule has 3 unspecified atom stereocenters. The maximum Gasteiger partial charge on any atom is 0.255 e. The van der Waals surface area contributed by atoms with Crippen molar-refractivity contribution in [3.63, 3.8) is 0 Å². The number of carbonyl (C=O) groups is 1. The summed E-state index contributed by atoms with van der Waals surface area (Å²) in [6.45, 7) is 0.502. The molecule has 1 heterocycles. The fourth-order valence-corrected chi connectivity index (χ4v) is 7.51. The minimum absolute atomic E-state index is 0.00517. The monoisotopic (exact) mass is 483 g/mol. The van der Waals surface area contributed by atoms with Gasteiger partial charge in [0.15, 0.2) is 21.5 Å². The lowest BCUT2D eigenvalue weighted by Crippen LogP contribution is -2.64. The summed E-state index contributed by atoms with van der Waals surface area (Å²) in [5, 5.41) is 12.6. The molecule has 6 rings (SSSR count). The van der Waals surface area contributed by atoms with E-state index in [0.29, 0.717) is 19.4 Å². The number of epoxide rings is 1. The smallest absolute Gasteiger partial charge is 0.255 e. The Balaban J connectivity index is 1.37. The van der Waals surface area contributed by atoms with Crippen molar-refractivity contribution < 1.29 is 31.8 Å². The largest absolute Gasteiger partial charge is 0.387 e. The molecule has 3 aliphatic carbocycles. The first kappa shape index (κ1) is 21.8. The zero-order valence-corrected chi connectivity index (χ0v) is 18.3. The van der Waals surface area contributed by atoms with E-state index in [9.17, 15) is 27.1 Å². The topological polar surface area (TPSA) is 96.0 Å². The normalized spacial score (nSPS) is 31.0. The van der Waals surface area contributed by atoms with Crippen molar-refractivity contribution in [1.82, 2.24) is 0 Å². The Hall–Kier alpha value is -2.07. The number of amides is 1. The Morgan fingerprint density at radius 3 is 2.41 bits per heavy atom. The second kappa shape index (κ2) is 7.48. The summed E-state index contributed by atoms with van der Waals surface area (Å²) >= 11 is 6.20. The number of ether oxygens (including phenoxy) is 1. The van der Waals surface area contributed by atoms with Crippen molar-refractivity contribution in [3.05, 3.63) is 58.6 Å². The van der Waals surface area contributed by atoms with E-state index in [1.807, 2.05) is 0 Å². The summed E-state index contributed by atoms with van der Waals surface area (Å²) in [6.07, 6.45) is 1.17. The van der Waals surface area contributed by atoms with Crippen LogP contribution in [0, 0.1) is 23.5 Å². The summed E-state index contributed by atoms with van der Waals surface area (Å²) in [5.74, 6) is -3.14. The highest BCUT2D eigenvalue weighted by molar-refractivity contribution is 7.92. The first-order chi connectivity index (χ1) is 15.1. The number of nitrogens with one attached hydrogen (secondary N) is 1. The average Bonchev–Trinajstić information content (AvgIpc) is 3.61. The highest BCUT2D eigenvalue weighted by Crippen LogP contribution is 2.59. The van der Waals surface area contributed by atoms with Gasteiger partial charge in [0, 0.05) is 17.3 Å². The lowest BCUT2D eigenvalue weighted by molar-refractivity contribution is -0.188. The molecule has 4 aliphatic rings. The number of hydrogen-bond donors (Lipinski definition) is 2. The van der Waals surface area contributed by atoms with E-state index in [4.69, 9.17) is 16.3 Å². The van der Waals surface area contributed by atoms with Gasteiger partial charge in [-0.2, -0.15) is 0 Å². The minimum atomic E-state index is -3.87. The second-order valence-electron chi connectivity index (χ2n) is 8.71. The number of fused-ring (bicyclic) bond motifs is 2. The number of halogens is 3. The Kier molecular flexibility index (Phi) is 5.09. The third-order valence-corrected chi connectivity index (χ3v) is 9.59. The maximum absolute atomic E-state index is 13.4. The third kappa shape index (κ3) is 3.42. The number of hydrogen-bond acceptors (Lipinski definition) is 5. The molecule has 1 amide bonds. The lowest BCUT2D eigenvalue weighted by atomic mass is 9.52. The summed E-state index contributed by atoms with van der Waals surface area (Å²) < 4.78 is 58.5.